The molecule has 3 N–H and O–H groups in total. The number of carbonyl (C=O) groups is 1. The number of aliphatic hydroxyl groups excluding tert-OH is 1. The SMILES string of the molecule is CCCCCCCC/C=C\CCCCCCCC(=O)NC(COP(=O)(O)OCC[N+](C)(C)C)C(O)/C=C/CCCCCCCCCCCCC. The van der Waals surface area contributed by atoms with Crippen molar-refractivity contribution in [1.82, 2.24) is 5.32 Å². The Kier molecular flexibility index (Phi) is 33.1. The summed E-state index contributed by atoms with van der Waals surface area (Å²) in [4.78, 5) is 23.0. The first-order chi connectivity index (χ1) is 24.0. The lowest BCUT2D eigenvalue weighted by molar-refractivity contribution is -0.870. The van der Waals surface area contributed by atoms with Gasteiger partial charge in [0.2, 0.25) is 5.91 Å². The van der Waals surface area contributed by atoms with Gasteiger partial charge in [-0.3, -0.25) is 13.8 Å². The van der Waals surface area contributed by atoms with Crippen molar-refractivity contribution >= 4 is 13.7 Å². The number of nitrogens with zero attached hydrogens (tertiary/aromatic N) is 1. The molecule has 0 saturated carbocycles. The van der Waals surface area contributed by atoms with Crippen LogP contribution < -0.4 is 5.32 Å². The van der Waals surface area contributed by atoms with E-state index in [4.69, 9.17) is 9.05 Å². The second-order valence-corrected chi connectivity index (χ2v) is 16.8. The van der Waals surface area contributed by atoms with E-state index in [1.165, 1.54) is 109 Å². The van der Waals surface area contributed by atoms with E-state index in [0.717, 1.165) is 51.4 Å². The summed E-state index contributed by atoms with van der Waals surface area (Å²) in [6.07, 6.45) is 38.0. The number of aliphatic hydroxyl groups is 1. The third-order valence-electron chi connectivity index (χ3n) is 9.17. The maximum atomic E-state index is 12.8. The fourth-order valence-corrected chi connectivity index (χ4v) is 6.53. The van der Waals surface area contributed by atoms with Gasteiger partial charge in [-0.1, -0.05) is 154 Å². The highest BCUT2D eigenvalue weighted by Gasteiger charge is 2.27. The van der Waals surface area contributed by atoms with Gasteiger partial charge < -0.3 is 19.8 Å². The third kappa shape index (κ3) is 35.4. The molecule has 0 aromatic heterocycles. The highest BCUT2D eigenvalue weighted by Crippen LogP contribution is 2.43. The number of likely N-dealkylation sites (N-methyl/N-ethyl adjacent to an activating group) is 1. The highest BCUT2D eigenvalue weighted by atomic mass is 31.2. The van der Waals surface area contributed by atoms with Crippen LogP contribution in [-0.4, -0.2) is 73.4 Å². The number of unbranched alkanes of at least 4 members (excludes halogenated alkanes) is 22. The molecule has 9 heteroatoms. The fraction of sp³-hybridized carbons (Fsp3) is 0.878. The van der Waals surface area contributed by atoms with E-state index in [-0.39, 0.29) is 19.1 Å². The Morgan fingerprint density at radius 3 is 1.54 bits per heavy atom. The number of quaternary nitrogens is 1. The summed E-state index contributed by atoms with van der Waals surface area (Å²) in [7, 11) is 1.57. The second kappa shape index (κ2) is 33.8. The van der Waals surface area contributed by atoms with Crippen LogP contribution in [0.3, 0.4) is 0 Å². The van der Waals surface area contributed by atoms with E-state index in [0.29, 0.717) is 17.4 Å². The van der Waals surface area contributed by atoms with Crippen LogP contribution in [0, 0.1) is 0 Å². The van der Waals surface area contributed by atoms with Crippen molar-refractivity contribution in [2.45, 2.75) is 193 Å². The zero-order valence-electron chi connectivity index (χ0n) is 33.4. The van der Waals surface area contributed by atoms with Gasteiger partial charge in [0, 0.05) is 6.42 Å². The number of amides is 1. The minimum atomic E-state index is -4.33. The number of hydrogen-bond acceptors (Lipinski definition) is 5. The summed E-state index contributed by atoms with van der Waals surface area (Å²) in [5.41, 5.74) is 0. The average Bonchev–Trinajstić information content (AvgIpc) is 3.06. The minimum absolute atomic E-state index is 0.0607. The predicted molar refractivity (Wildman–Crippen MR) is 212 cm³/mol. The highest BCUT2D eigenvalue weighted by molar-refractivity contribution is 7.47. The Hall–Kier alpha value is -1.02. The molecule has 50 heavy (non-hydrogen) atoms. The van der Waals surface area contributed by atoms with Crippen LogP contribution in [0.15, 0.2) is 24.3 Å². The molecule has 0 spiro atoms. The zero-order chi connectivity index (χ0) is 37.2. The largest absolute Gasteiger partial charge is 0.472 e. The molecule has 0 rings (SSSR count). The van der Waals surface area contributed by atoms with Gasteiger partial charge in [-0.25, -0.2) is 4.57 Å². The Morgan fingerprint density at radius 1 is 0.660 bits per heavy atom. The van der Waals surface area contributed by atoms with Crippen LogP contribution in [0.4, 0.5) is 0 Å². The molecule has 0 aromatic rings. The van der Waals surface area contributed by atoms with E-state index in [9.17, 15) is 19.4 Å². The Balaban J connectivity index is 4.50. The van der Waals surface area contributed by atoms with Gasteiger partial charge in [-0.2, -0.15) is 0 Å². The maximum Gasteiger partial charge on any atom is 0.472 e. The number of allylic oxidation sites excluding steroid dienone is 3. The van der Waals surface area contributed by atoms with Crippen molar-refractivity contribution in [1.29, 1.82) is 0 Å². The quantitative estimate of drug-likeness (QED) is 0.0254. The van der Waals surface area contributed by atoms with Crippen LogP contribution in [-0.2, 0) is 18.4 Å². The summed E-state index contributed by atoms with van der Waals surface area (Å²) >= 11 is 0. The van der Waals surface area contributed by atoms with Crippen LogP contribution in [0.25, 0.3) is 0 Å². The van der Waals surface area contributed by atoms with Crippen molar-refractivity contribution < 1.29 is 32.9 Å². The van der Waals surface area contributed by atoms with Gasteiger partial charge in [0.15, 0.2) is 0 Å². The third-order valence-corrected chi connectivity index (χ3v) is 10.1. The van der Waals surface area contributed by atoms with Crippen LogP contribution in [0.5, 0.6) is 0 Å². The Morgan fingerprint density at radius 2 is 1.08 bits per heavy atom. The monoisotopic (exact) mass is 730 g/mol. The molecule has 0 radical (unpaired) electrons. The summed E-state index contributed by atoms with van der Waals surface area (Å²) in [5, 5.41) is 13.8. The molecule has 0 bridgehead atoms. The van der Waals surface area contributed by atoms with E-state index in [1.54, 1.807) is 6.08 Å². The molecule has 3 atom stereocenters. The zero-order valence-corrected chi connectivity index (χ0v) is 34.3. The Bertz CT molecular complexity index is 876. The number of phosphoric acid groups is 1. The van der Waals surface area contributed by atoms with E-state index in [1.807, 2.05) is 27.2 Å². The number of rotatable bonds is 37. The molecule has 0 aliphatic carbocycles. The normalized spacial score (nSPS) is 14.8. The molecule has 0 aliphatic heterocycles. The van der Waals surface area contributed by atoms with Gasteiger partial charge in [0.25, 0.3) is 0 Å². The standard InChI is InChI=1S/C41H81N2O6P/c1-6-8-10-12-14-16-18-20-21-23-25-27-29-31-33-35-41(45)42-39(38-49-50(46,47)48-37-36-43(3,4)5)40(44)34-32-30-28-26-24-22-19-17-15-13-11-9-7-2/h20-21,32,34,39-40,44H,6-19,22-31,33,35-38H2,1-5H3,(H-,42,45,46,47)/p+1/b21-20-,34-32+. The van der Waals surface area contributed by atoms with Crippen LogP contribution >= 0.6 is 7.82 Å². The van der Waals surface area contributed by atoms with Gasteiger partial charge in [0.05, 0.1) is 39.9 Å². The van der Waals surface area contributed by atoms with E-state index >= 15 is 0 Å². The predicted octanol–water partition coefficient (Wildman–Crippen LogP) is 11.0. The Labute approximate surface area is 309 Å². The van der Waals surface area contributed by atoms with Crippen molar-refractivity contribution in [2.75, 3.05) is 40.9 Å². The number of carbonyl (C=O) groups excluding carboxylic acids is 1. The number of hydrogen-bond donors (Lipinski definition) is 3. The van der Waals surface area contributed by atoms with Crippen LogP contribution in [0.1, 0.15) is 181 Å². The number of nitrogens with one attached hydrogen (secondary N) is 1. The smallest absolute Gasteiger partial charge is 0.387 e. The molecule has 296 valence electrons. The molecule has 0 saturated heterocycles. The summed E-state index contributed by atoms with van der Waals surface area (Å²) in [6, 6.07) is -0.846. The second-order valence-electron chi connectivity index (χ2n) is 15.4. The van der Waals surface area contributed by atoms with Crippen LogP contribution in [0.2, 0.25) is 0 Å². The summed E-state index contributed by atoms with van der Waals surface area (Å²) in [5.74, 6) is -0.187. The first kappa shape index (κ1) is 49.0. The molecular weight excluding hydrogens is 647 g/mol. The first-order valence-corrected chi connectivity index (χ1v) is 22.2. The fourth-order valence-electron chi connectivity index (χ4n) is 5.80. The summed E-state index contributed by atoms with van der Waals surface area (Å²) in [6.45, 7) is 4.79. The lowest BCUT2D eigenvalue weighted by atomic mass is 10.0. The average molecular weight is 730 g/mol. The van der Waals surface area contributed by atoms with E-state index in [2.05, 4.69) is 31.3 Å². The maximum absolute atomic E-state index is 12.8. The van der Waals surface area contributed by atoms with Crippen molar-refractivity contribution in [3.63, 3.8) is 0 Å². The van der Waals surface area contributed by atoms with Crippen molar-refractivity contribution in [2.24, 2.45) is 0 Å². The van der Waals surface area contributed by atoms with Gasteiger partial charge in [-0.05, 0) is 44.9 Å². The molecular formula is C41H82N2O6P+. The molecule has 0 aliphatic rings. The molecule has 3 unspecified atom stereocenters. The number of phosphoric ester groups is 1. The van der Waals surface area contributed by atoms with Gasteiger partial charge in [-0.15, -0.1) is 0 Å². The molecule has 1 amide bonds. The lowest BCUT2D eigenvalue weighted by Gasteiger charge is -2.25. The minimum Gasteiger partial charge on any atom is -0.387 e. The molecule has 0 aromatic carbocycles. The van der Waals surface area contributed by atoms with E-state index < -0.39 is 20.0 Å². The lowest BCUT2D eigenvalue weighted by Crippen LogP contribution is -2.45. The molecule has 0 heterocycles. The summed E-state index contributed by atoms with van der Waals surface area (Å²) < 4.78 is 23.5. The topological polar surface area (TPSA) is 105 Å². The molecule has 8 nitrogen and oxygen atoms in total. The molecule has 0 fully saturated rings. The van der Waals surface area contributed by atoms with Crippen molar-refractivity contribution in [3.05, 3.63) is 24.3 Å². The van der Waals surface area contributed by atoms with Crippen molar-refractivity contribution in [3.8, 4) is 0 Å². The van der Waals surface area contributed by atoms with Gasteiger partial charge >= 0.3 is 7.82 Å². The van der Waals surface area contributed by atoms with Gasteiger partial charge in [0.1, 0.15) is 13.2 Å². The first-order valence-electron chi connectivity index (χ1n) is 20.7.